The lowest BCUT2D eigenvalue weighted by Crippen LogP contribution is -2.48. The first-order valence-corrected chi connectivity index (χ1v) is 9.03. The molecule has 0 amide bonds. The molecule has 2 rings (SSSR count). The van der Waals surface area contributed by atoms with Gasteiger partial charge in [-0.1, -0.05) is 0 Å². The molecule has 0 aliphatic carbocycles. The topological polar surface area (TPSA) is 106 Å². The second kappa shape index (κ2) is 7.78. The Morgan fingerprint density at radius 3 is 2.46 bits per heavy atom. The van der Waals surface area contributed by atoms with Crippen LogP contribution < -0.4 is 16.7 Å². The monoisotopic (exact) mass is 420 g/mol. The molecule has 2 N–H and O–H groups in total. The third kappa shape index (κ3) is 3.68. The average Bonchev–Trinajstić information content (AvgIpc) is 2.87. The first kappa shape index (κ1) is 21.7. The van der Waals surface area contributed by atoms with Crippen molar-refractivity contribution in [2.45, 2.75) is 52.5 Å². The van der Waals surface area contributed by atoms with E-state index in [0.717, 1.165) is 11.3 Å². The number of hydrogen-bond acceptors (Lipinski definition) is 6. The Bertz CT molecular complexity index is 1050. The molecule has 0 saturated carbocycles. The highest BCUT2D eigenvalue weighted by Gasteiger charge is 2.43. The lowest BCUT2D eigenvalue weighted by Gasteiger charge is -2.23. The Morgan fingerprint density at radius 1 is 1.36 bits per heavy atom. The number of carboxylic acid groups (broad SMARTS) is 1. The average molecular weight is 420 g/mol. The number of nitrogens with one attached hydrogen (secondary N) is 1. The van der Waals surface area contributed by atoms with E-state index < -0.39 is 35.5 Å². The highest BCUT2D eigenvalue weighted by atomic mass is 32.1. The minimum atomic E-state index is -4.16. The zero-order valence-corrected chi connectivity index (χ0v) is 16.3. The number of aliphatic carboxylic acids is 1. The van der Waals surface area contributed by atoms with Crippen LogP contribution in [-0.4, -0.2) is 32.6 Å². The van der Waals surface area contributed by atoms with Crippen molar-refractivity contribution in [1.82, 2.24) is 14.6 Å². The van der Waals surface area contributed by atoms with E-state index in [-0.39, 0.29) is 21.3 Å². The fraction of sp³-hybridized carbons (Fsp3) is 0.500. The van der Waals surface area contributed by atoms with Gasteiger partial charge in [-0.15, -0.1) is 11.3 Å². The number of aromatic nitrogens is 2. The van der Waals surface area contributed by atoms with E-state index in [1.165, 1.54) is 20.8 Å². The van der Waals surface area contributed by atoms with Gasteiger partial charge < -0.3 is 10.5 Å². The van der Waals surface area contributed by atoms with Crippen LogP contribution in [-0.2, 0) is 17.4 Å². The van der Waals surface area contributed by atoms with Crippen molar-refractivity contribution >= 4 is 33.7 Å². The third-order valence-corrected chi connectivity index (χ3v) is 5.34. The van der Waals surface area contributed by atoms with Gasteiger partial charge in [0.25, 0.3) is 5.56 Å². The van der Waals surface area contributed by atoms with E-state index >= 15 is 0 Å². The number of hydrazone groups is 1. The van der Waals surface area contributed by atoms with Crippen LogP contribution in [0.15, 0.2) is 14.7 Å². The summed E-state index contributed by atoms with van der Waals surface area (Å²) >= 11 is 0.722. The summed E-state index contributed by atoms with van der Waals surface area (Å²) in [4.78, 5) is 35.9. The zero-order valence-electron chi connectivity index (χ0n) is 15.5. The Labute approximate surface area is 160 Å². The van der Waals surface area contributed by atoms with Crippen molar-refractivity contribution in [3.8, 4) is 0 Å². The molecule has 0 aliphatic heterocycles. The van der Waals surface area contributed by atoms with Crippen LogP contribution in [0, 0.1) is 6.92 Å². The van der Waals surface area contributed by atoms with Crippen molar-refractivity contribution in [2.75, 3.05) is 0 Å². The first-order chi connectivity index (χ1) is 12.9. The number of alkyl halides is 3. The SMILES string of the molecule is Cc1c(CN/N=C/C(=O)O)sc2c1c(=O)n(C(C)C)c(=O)n2C(F)(F)C(C)F. The van der Waals surface area contributed by atoms with Gasteiger partial charge in [0.2, 0.25) is 0 Å². The van der Waals surface area contributed by atoms with Gasteiger partial charge in [0.15, 0.2) is 6.17 Å². The largest absolute Gasteiger partial charge is 0.477 e. The van der Waals surface area contributed by atoms with E-state index in [0.29, 0.717) is 28.1 Å². The van der Waals surface area contributed by atoms with Gasteiger partial charge in [-0.3, -0.25) is 9.36 Å². The summed E-state index contributed by atoms with van der Waals surface area (Å²) in [6, 6.07) is -4.88. The fourth-order valence-corrected chi connectivity index (χ4v) is 3.90. The molecule has 0 spiro atoms. The van der Waals surface area contributed by atoms with Gasteiger partial charge in [-0.25, -0.2) is 18.5 Å². The summed E-state index contributed by atoms with van der Waals surface area (Å²) < 4.78 is 43.5. The van der Waals surface area contributed by atoms with Crippen molar-refractivity contribution in [3.63, 3.8) is 0 Å². The standard InChI is InChI=1S/C16H19F3N4O4S/c1-7(2)22-13(26)12-8(3)10(5-20-21-6-11(24)25)28-14(12)23(15(22)27)16(18,19)9(4)17/h6-7,9,20H,5H2,1-4H3,(H,24,25)/b21-6+. The van der Waals surface area contributed by atoms with Gasteiger partial charge in [0, 0.05) is 10.9 Å². The predicted molar refractivity (Wildman–Crippen MR) is 99.2 cm³/mol. The van der Waals surface area contributed by atoms with E-state index in [9.17, 15) is 27.6 Å². The number of carbonyl (C=O) groups is 1. The maximum atomic E-state index is 14.6. The molecule has 0 fully saturated rings. The molecule has 0 saturated heterocycles. The minimum Gasteiger partial charge on any atom is -0.477 e. The van der Waals surface area contributed by atoms with E-state index in [1.54, 1.807) is 0 Å². The fourth-order valence-electron chi connectivity index (χ4n) is 2.64. The lowest BCUT2D eigenvalue weighted by molar-refractivity contribution is -0.137. The summed E-state index contributed by atoms with van der Waals surface area (Å²) in [6.07, 6.45) is -2.07. The number of aryl methyl sites for hydroxylation is 1. The first-order valence-electron chi connectivity index (χ1n) is 8.21. The van der Waals surface area contributed by atoms with Crippen molar-refractivity contribution < 1.29 is 23.1 Å². The van der Waals surface area contributed by atoms with Crippen LogP contribution in [0.3, 0.4) is 0 Å². The molecule has 0 bridgehead atoms. The molecule has 1 atom stereocenters. The van der Waals surface area contributed by atoms with E-state index in [4.69, 9.17) is 5.11 Å². The summed E-state index contributed by atoms with van der Waals surface area (Å²) in [7, 11) is 0. The quantitative estimate of drug-likeness (QED) is 0.528. The van der Waals surface area contributed by atoms with Gasteiger partial charge in [0.1, 0.15) is 11.0 Å². The van der Waals surface area contributed by atoms with E-state index in [2.05, 4.69) is 10.5 Å². The van der Waals surface area contributed by atoms with Crippen LogP contribution in [0.5, 0.6) is 0 Å². The molecule has 2 aromatic rings. The smallest absolute Gasteiger partial charge is 0.364 e. The molecule has 0 aliphatic rings. The molecular weight excluding hydrogens is 401 g/mol. The summed E-state index contributed by atoms with van der Waals surface area (Å²) in [5.74, 6) is -1.29. The van der Waals surface area contributed by atoms with Gasteiger partial charge in [0.05, 0.1) is 11.9 Å². The van der Waals surface area contributed by atoms with Crippen LogP contribution in [0.2, 0.25) is 0 Å². The zero-order chi connectivity index (χ0) is 21.4. The minimum absolute atomic E-state index is 0.0239. The lowest BCUT2D eigenvalue weighted by atomic mass is 10.2. The Hall–Kier alpha value is -2.63. The molecule has 1 unspecified atom stereocenters. The second-order valence-corrected chi connectivity index (χ2v) is 7.44. The number of carboxylic acids is 1. The Morgan fingerprint density at radius 2 is 1.96 bits per heavy atom. The number of halogens is 3. The molecule has 12 heteroatoms. The third-order valence-electron chi connectivity index (χ3n) is 4.06. The normalized spacial score (nSPS) is 13.6. The number of rotatable bonds is 7. The van der Waals surface area contributed by atoms with Crippen LogP contribution in [0.1, 0.15) is 37.3 Å². The summed E-state index contributed by atoms with van der Waals surface area (Å²) in [6.45, 7) is 5.05. The van der Waals surface area contributed by atoms with Gasteiger partial charge >= 0.3 is 17.7 Å². The molecular formula is C16H19F3N4O4S. The van der Waals surface area contributed by atoms with Crippen LogP contribution >= 0.6 is 11.3 Å². The van der Waals surface area contributed by atoms with Gasteiger partial charge in [-0.05, 0) is 33.3 Å². The molecule has 0 radical (unpaired) electrons. The van der Waals surface area contributed by atoms with Crippen LogP contribution in [0.4, 0.5) is 13.2 Å². The number of thiophene rings is 1. The Kier molecular flexibility index (Phi) is 6.02. The molecule has 28 heavy (non-hydrogen) atoms. The maximum Gasteiger partial charge on any atom is 0.364 e. The molecule has 154 valence electrons. The van der Waals surface area contributed by atoms with Crippen molar-refractivity contribution in [2.24, 2.45) is 5.10 Å². The number of fused-ring (bicyclic) bond motifs is 1. The van der Waals surface area contributed by atoms with Gasteiger partial charge in [-0.2, -0.15) is 13.9 Å². The number of nitrogens with zero attached hydrogens (tertiary/aromatic N) is 3. The van der Waals surface area contributed by atoms with E-state index in [1.807, 2.05) is 0 Å². The van der Waals surface area contributed by atoms with Crippen molar-refractivity contribution in [1.29, 1.82) is 0 Å². The molecule has 2 heterocycles. The number of hydrogen-bond donors (Lipinski definition) is 2. The molecule has 0 aromatic carbocycles. The predicted octanol–water partition coefficient (Wildman–Crippen LogP) is 2.18. The second-order valence-electron chi connectivity index (χ2n) is 6.35. The Balaban J connectivity index is 2.81. The maximum absolute atomic E-state index is 14.6. The molecule has 2 aromatic heterocycles. The highest BCUT2D eigenvalue weighted by molar-refractivity contribution is 7.18. The van der Waals surface area contributed by atoms with Crippen molar-refractivity contribution in [3.05, 3.63) is 31.3 Å². The molecule has 8 nitrogen and oxygen atoms in total. The summed E-state index contributed by atoms with van der Waals surface area (Å²) in [5, 5.41) is 11.8. The van der Waals surface area contributed by atoms with Crippen LogP contribution in [0.25, 0.3) is 10.2 Å². The highest BCUT2D eigenvalue weighted by Crippen LogP contribution is 2.34. The summed E-state index contributed by atoms with van der Waals surface area (Å²) in [5.41, 5.74) is 0.709.